The summed E-state index contributed by atoms with van der Waals surface area (Å²) in [6, 6.07) is 1.94. The molecule has 1 saturated heterocycles. The Kier molecular flexibility index (Phi) is 7.52. The van der Waals surface area contributed by atoms with E-state index in [-0.39, 0.29) is 0 Å². The van der Waals surface area contributed by atoms with Crippen molar-refractivity contribution in [2.75, 3.05) is 53.0 Å². The summed E-state index contributed by atoms with van der Waals surface area (Å²) in [6.45, 7) is 9.69. The molecule has 1 aliphatic carbocycles. The molecular formula is C20H35N5O2. The first-order chi connectivity index (χ1) is 13.2. The Morgan fingerprint density at radius 3 is 2.70 bits per heavy atom. The van der Waals surface area contributed by atoms with Gasteiger partial charge in [0.25, 0.3) is 0 Å². The third-order valence-electron chi connectivity index (χ3n) is 5.95. The normalized spacial score (nSPS) is 21.0. The number of guanidine groups is 1. The van der Waals surface area contributed by atoms with Crippen LogP contribution in [0.1, 0.15) is 44.7 Å². The SMILES string of the molecule is CCNC(=NCC1(CCOC)CCCC1)N1CCN(Cc2ccon2)CC1. The fourth-order valence-electron chi connectivity index (χ4n) is 4.27. The van der Waals surface area contributed by atoms with Crippen molar-refractivity contribution in [3.8, 4) is 0 Å². The van der Waals surface area contributed by atoms with Crippen molar-refractivity contribution in [1.29, 1.82) is 0 Å². The van der Waals surface area contributed by atoms with E-state index < -0.39 is 0 Å². The molecule has 0 radical (unpaired) electrons. The maximum Gasteiger partial charge on any atom is 0.194 e. The highest BCUT2D eigenvalue weighted by molar-refractivity contribution is 5.80. The van der Waals surface area contributed by atoms with Gasteiger partial charge in [0.2, 0.25) is 0 Å². The van der Waals surface area contributed by atoms with Gasteiger partial charge < -0.3 is 19.5 Å². The monoisotopic (exact) mass is 377 g/mol. The highest BCUT2D eigenvalue weighted by Gasteiger charge is 2.33. The Hall–Kier alpha value is -1.60. The Balaban J connectivity index is 1.55. The van der Waals surface area contributed by atoms with Gasteiger partial charge in [-0.1, -0.05) is 18.0 Å². The van der Waals surface area contributed by atoms with E-state index in [1.165, 1.54) is 25.7 Å². The molecule has 3 rings (SSSR count). The van der Waals surface area contributed by atoms with E-state index in [1.807, 2.05) is 6.07 Å². The summed E-state index contributed by atoms with van der Waals surface area (Å²) >= 11 is 0. The summed E-state index contributed by atoms with van der Waals surface area (Å²) in [7, 11) is 1.80. The Morgan fingerprint density at radius 1 is 1.30 bits per heavy atom. The first-order valence-electron chi connectivity index (χ1n) is 10.4. The average Bonchev–Trinajstić information content (AvgIpc) is 3.37. The van der Waals surface area contributed by atoms with Crippen LogP contribution in [0, 0.1) is 5.41 Å². The second-order valence-electron chi connectivity index (χ2n) is 7.87. The predicted octanol–water partition coefficient (Wildman–Crippen LogP) is 2.35. The molecule has 1 aromatic rings. The van der Waals surface area contributed by atoms with Crippen LogP contribution in [0.15, 0.2) is 21.8 Å². The number of aromatic nitrogens is 1. The molecule has 0 spiro atoms. The van der Waals surface area contributed by atoms with Gasteiger partial charge in [0, 0.05) is 65.6 Å². The molecule has 7 heteroatoms. The van der Waals surface area contributed by atoms with Gasteiger partial charge in [-0.3, -0.25) is 9.89 Å². The zero-order valence-corrected chi connectivity index (χ0v) is 17.0. The highest BCUT2D eigenvalue weighted by Crippen LogP contribution is 2.41. The van der Waals surface area contributed by atoms with Gasteiger partial charge in [-0.2, -0.15) is 0 Å². The van der Waals surface area contributed by atoms with Crippen molar-refractivity contribution in [3.63, 3.8) is 0 Å². The van der Waals surface area contributed by atoms with E-state index in [4.69, 9.17) is 14.3 Å². The Labute approximate surface area is 163 Å². The standard InChI is InChI=1S/C20H35N5O2/c1-3-21-19(22-17-20(9-15-26-2)7-4-5-8-20)25-12-10-24(11-13-25)16-18-6-14-27-23-18/h6,14H,3-5,7-13,15-17H2,1-2H3,(H,21,22). The summed E-state index contributed by atoms with van der Waals surface area (Å²) in [4.78, 5) is 9.91. The minimum absolute atomic E-state index is 0.339. The van der Waals surface area contributed by atoms with Crippen molar-refractivity contribution >= 4 is 5.96 Å². The number of hydrogen-bond donors (Lipinski definition) is 1. The molecule has 0 unspecified atom stereocenters. The topological polar surface area (TPSA) is 66.1 Å². The molecule has 7 nitrogen and oxygen atoms in total. The van der Waals surface area contributed by atoms with Crippen LogP contribution in [0.5, 0.6) is 0 Å². The van der Waals surface area contributed by atoms with Gasteiger partial charge in [-0.25, -0.2) is 0 Å². The van der Waals surface area contributed by atoms with E-state index in [1.54, 1.807) is 13.4 Å². The minimum atomic E-state index is 0.339. The van der Waals surface area contributed by atoms with Crippen molar-refractivity contribution < 1.29 is 9.26 Å². The van der Waals surface area contributed by atoms with Crippen LogP contribution >= 0.6 is 0 Å². The molecule has 2 heterocycles. The van der Waals surface area contributed by atoms with Gasteiger partial charge in [-0.15, -0.1) is 0 Å². The van der Waals surface area contributed by atoms with Crippen LogP contribution in [0.4, 0.5) is 0 Å². The van der Waals surface area contributed by atoms with Gasteiger partial charge in [0.1, 0.15) is 6.26 Å². The van der Waals surface area contributed by atoms with Gasteiger partial charge in [-0.05, 0) is 31.6 Å². The average molecular weight is 378 g/mol. The molecule has 1 aromatic heterocycles. The van der Waals surface area contributed by atoms with Crippen LogP contribution in [0.3, 0.4) is 0 Å². The molecule has 1 saturated carbocycles. The summed E-state index contributed by atoms with van der Waals surface area (Å²) in [5.41, 5.74) is 1.34. The zero-order chi connectivity index (χ0) is 19.0. The number of hydrogen-bond acceptors (Lipinski definition) is 5. The lowest BCUT2D eigenvalue weighted by molar-refractivity contribution is 0.140. The molecule has 152 valence electrons. The van der Waals surface area contributed by atoms with Crippen LogP contribution in [-0.4, -0.2) is 73.9 Å². The highest BCUT2D eigenvalue weighted by atomic mass is 16.5. The maximum absolute atomic E-state index is 5.36. The molecule has 0 aromatic carbocycles. The number of piperazine rings is 1. The van der Waals surface area contributed by atoms with E-state index in [9.17, 15) is 0 Å². The lowest BCUT2D eigenvalue weighted by Gasteiger charge is -2.36. The Bertz CT molecular complexity index is 561. The molecule has 2 fully saturated rings. The lowest BCUT2D eigenvalue weighted by atomic mass is 9.83. The van der Waals surface area contributed by atoms with Crippen molar-refractivity contribution in [3.05, 3.63) is 18.0 Å². The first-order valence-corrected chi connectivity index (χ1v) is 10.4. The quantitative estimate of drug-likeness (QED) is 0.554. The maximum atomic E-state index is 5.36. The summed E-state index contributed by atoms with van der Waals surface area (Å²) in [5, 5.41) is 7.53. The number of nitrogens with one attached hydrogen (secondary N) is 1. The van der Waals surface area contributed by atoms with Crippen LogP contribution in [0.25, 0.3) is 0 Å². The zero-order valence-electron chi connectivity index (χ0n) is 17.0. The number of aliphatic imine (C=N–C) groups is 1. The fourth-order valence-corrected chi connectivity index (χ4v) is 4.27. The van der Waals surface area contributed by atoms with E-state index in [0.29, 0.717) is 5.41 Å². The van der Waals surface area contributed by atoms with Gasteiger partial charge >= 0.3 is 0 Å². The largest absolute Gasteiger partial charge is 0.385 e. The molecule has 2 aliphatic rings. The smallest absolute Gasteiger partial charge is 0.194 e. The van der Waals surface area contributed by atoms with Crippen LogP contribution in [0.2, 0.25) is 0 Å². The summed E-state index contributed by atoms with van der Waals surface area (Å²) < 4.78 is 10.3. The van der Waals surface area contributed by atoms with E-state index in [0.717, 1.165) is 70.5 Å². The third-order valence-corrected chi connectivity index (χ3v) is 5.95. The summed E-state index contributed by atoms with van der Waals surface area (Å²) in [6.07, 6.45) is 7.99. The Morgan fingerprint density at radius 2 is 2.07 bits per heavy atom. The summed E-state index contributed by atoms with van der Waals surface area (Å²) in [5.74, 6) is 1.07. The molecule has 0 bridgehead atoms. The van der Waals surface area contributed by atoms with Crippen molar-refractivity contribution in [2.45, 2.75) is 45.6 Å². The number of ether oxygens (including phenoxy) is 1. The van der Waals surface area contributed by atoms with Gasteiger partial charge in [0.05, 0.1) is 5.69 Å². The second kappa shape index (κ2) is 10.1. The van der Waals surface area contributed by atoms with E-state index in [2.05, 4.69) is 27.2 Å². The molecule has 0 atom stereocenters. The van der Waals surface area contributed by atoms with Crippen molar-refractivity contribution in [1.82, 2.24) is 20.3 Å². The number of nitrogens with zero attached hydrogens (tertiary/aromatic N) is 4. The van der Waals surface area contributed by atoms with Gasteiger partial charge in [0.15, 0.2) is 5.96 Å². The molecule has 1 N–H and O–H groups in total. The second-order valence-corrected chi connectivity index (χ2v) is 7.87. The lowest BCUT2D eigenvalue weighted by Crippen LogP contribution is -2.52. The van der Waals surface area contributed by atoms with Crippen LogP contribution in [-0.2, 0) is 11.3 Å². The minimum Gasteiger partial charge on any atom is -0.385 e. The predicted molar refractivity (Wildman–Crippen MR) is 107 cm³/mol. The molecular weight excluding hydrogens is 342 g/mol. The fraction of sp³-hybridized carbons (Fsp3) is 0.800. The number of rotatable bonds is 8. The first kappa shape index (κ1) is 20.1. The van der Waals surface area contributed by atoms with Crippen LogP contribution < -0.4 is 5.32 Å². The molecule has 1 aliphatic heterocycles. The molecule has 27 heavy (non-hydrogen) atoms. The third kappa shape index (κ3) is 5.69. The van der Waals surface area contributed by atoms with E-state index >= 15 is 0 Å². The van der Waals surface area contributed by atoms with Crippen molar-refractivity contribution in [2.24, 2.45) is 10.4 Å². The molecule has 0 amide bonds. The number of methoxy groups -OCH3 is 1.